The maximum absolute atomic E-state index is 6.15. The third-order valence-electron chi connectivity index (χ3n) is 4.67. The molecule has 0 saturated carbocycles. The zero-order chi connectivity index (χ0) is 18.4. The topological polar surface area (TPSA) is 21.7 Å². The largest absolute Gasteiger partial charge is 0.497 e. The Balaban J connectivity index is 2.88. The minimum Gasteiger partial charge on any atom is -0.497 e. The van der Waals surface area contributed by atoms with Gasteiger partial charge in [0.05, 0.1) is 12.7 Å². The molecule has 0 N–H and O–H groups in total. The van der Waals surface area contributed by atoms with Gasteiger partial charge in [-0.05, 0) is 44.0 Å². The number of hydrogen-bond acceptors (Lipinski definition) is 3. The summed E-state index contributed by atoms with van der Waals surface area (Å²) in [5.74, 6) is 0.860. The Kier molecular flexibility index (Phi) is 7.40. The van der Waals surface area contributed by atoms with Crippen LogP contribution in [0.15, 0.2) is 35.9 Å². The van der Waals surface area contributed by atoms with Crippen LogP contribution >= 0.6 is 0 Å². The highest BCUT2D eigenvalue weighted by molar-refractivity contribution is 6.38. The van der Waals surface area contributed by atoms with Gasteiger partial charge in [0, 0.05) is 18.8 Å². The fraction of sp³-hybridized carbons (Fsp3) is 0.600. The summed E-state index contributed by atoms with van der Waals surface area (Å²) in [6, 6.07) is 8.05. The van der Waals surface area contributed by atoms with E-state index in [0.717, 1.165) is 24.3 Å². The molecule has 0 fully saturated rings. The SMILES string of the molecule is CCC/C([B]OC(C)(C)C(C)(C)C)=C\N(C)c1cccc(OC)c1. The number of ether oxygens (including phenoxy) is 1. The molecule has 0 spiro atoms. The molecule has 0 aliphatic rings. The maximum atomic E-state index is 6.15. The Morgan fingerprint density at radius 3 is 2.42 bits per heavy atom. The molecule has 0 aliphatic carbocycles. The van der Waals surface area contributed by atoms with Crippen LogP contribution in [0.4, 0.5) is 5.69 Å². The minimum absolute atomic E-state index is 0.0690. The van der Waals surface area contributed by atoms with Gasteiger partial charge in [0.25, 0.3) is 0 Å². The van der Waals surface area contributed by atoms with Gasteiger partial charge in [0.15, 0.2) is 0 Å². The predicted octanol–water partition coefficient (Wildman–Crippen LogP) is 5.23. The Hall–Kier alpha value is -1.42. The monoisotopic (exact) mass is 330 g/mol. The first kappa shape index (κ1) is 20.6. The standard InChI is InChI=1S/C20H33BNO2/c1-9-11-16(21-24-20(5,6)19(2,3)4)15-22(7)17-12-10-13-18(14-17)23-8/h10,12-15H,9,11H2,1-8H3/b16-15+. The van der Waals surface area contributed by atoms with Crippen molar-refractivity contribution in [3.63, 3.8) is 0 Å². The van der Waals surface area contributed by atoms with Gasteiger partial charge in [-0.1, -0.05) is 45.7 Å². The Morgan fingerprint density at radius 1 is 1.21 bits per heavy atom. The van der Waals surface area contributed by atoms with E-state index in [1.54, 1.807) is 7.11 Å². The van der Waals surface area contributed by atoms with Crippen molar-refractivity contribution in [3.8, 4) is 5.75 Å². The van der Waals surface area contributed by atoms with Crippen molar-refractivity contribution in [3.05, 3.63) is 35.9 Å². The quantitative estimate of drug-likeness (QED) is 0.609. The van der Waals surface area contributed by atoms with Crippen LogP contribution in [0.2, 0.25) is 0 Å². The zero-order valence-electron chi connectivity index (χ0n) is 16.6. The molecule has 0 aliphatic heterocycles. The summed E-state index contributed by atoms with van der Waals surface area (Å²) in [5.41, 5.74) is 2.11. The number of anilines is 1. The van der Waals surface area contributed by atoms with Gasteiger partial charge >= 0.3 is 7.48 Å². The van der Waals surface area contributed by atoms with E-state index in [1.807, 2.05) is 32.7 Å². The molecule has 3 nitrogen and oxygen atoms in total. The zero-order valence-corrected chi connectivity index (χ0v) is 16.6. The van der Waals surface area contributed by atoms with Gasteiger partial charge in [-0.15, -0.1) is 0 Å². The van der Waals surface area contributed by atoms with Crippen LogP contribution in [0.3, 0.4) is 0 Å². The summed E-state index contributed by atoms with van der Waals surface area (Å²) < 4.78 is 11.5. The second-order valence-electron chi connectivity index (χ2n) is 7.76. The number of benzene rings is 1. The maximum Gasteiger partial charge on any atom is 0.327 e. The normalized spacial score (nSPS) is 12.9. The number of methoxy groups -OCH3 is 1. The van der Waals surface area contributed by atoms with E-state index in [2.05, 4.69) is 58.7 Å². The summed E-state index contributed by atoms with van der Waals surface area (Å²) in [4.78, 5) is 2.11. The molecule has 24 heavy (non-hydrogen) atoms. The molecule has 0 atom stereocenters. The number of nitrogens with zero attached hydrogens (tertiary/aromatic N) is 1. The molecule has 0 bridgehead atoms. The van der Waals surface area contributed by atoms with E-state index < -0.39 is 0 Å². The van der Waals surface area contributed by atoms with Crippen LogP contribution in [0.25, 0.3) is 0 Å². The molecular formula is C20H33BNO2. The van der Waals surface area contributed by atoms with E-state index in [-0.39, 0.29) is 11.0 Å². The number of rotatable bonds is 8. The van der Waals surface area contributed by atoms with E-state index >= 15 is 0 Å². The van der Waals surface area contributed by atoms with E-state index in [9.17, 15) is 0 Å². The highest BCUT2D eigenvalue weighted by atomic mass is 16.5. The molecule has 1 rings (SSSR count). The third-order valence-corrected chi connectivity index (χ3v) is 4.67. The molecule has 0 unspecified atom stereocenters. The lowest BCUT2D eigenvalue weighted by Crippen LogP contribution is -2.41. The number of hydrogen-bond donors (Lipinski definition) is 0. The summed E-state index contributed by atoms with van der Waals surface area (Å²) in [6.45, 7) is 13.1. The molecular weight excluding hydrogens is 297 g/mol. The van der Waals surface area contributed by atoms with E-state index in [0.29, 0.717) is 0 Å². The Bertz CT molecular complexity index is 547. The van der Waals surface area contributed by atoms with Gasteiger partial charge in [0.1, 0.15) is 5.75 Å². The lowest BCUT2D eigenvalue weighted by molar-refractivity contribution is 0.00418. The van der Waals surface area contributed by atoms with Crippen LogP contribution in [-0.4, -0.2) is 27.2 Å². The van der Waals surface area contributed by atoms with Crippen molar-refractivity contribution in [1.82, 2.24) is 0 Å². The average Bonchev–Trinajstić information content (AvgIpc) is 2.51. The number of allylic oxidation sites excluding steroid dienone is 1. The molecule has 0 amide bonds. The summed E-state index contributed by atoms with van der Waals surface area (Å²) in [6.07, 6.45) is 4.19. The fourth-order valence-electron chi connectivity index (χ4n) is 2.00. The Labute approximate surface area is 149 Å². The van der Waals surface area contributed by atoms with Crippen molar-refractivity contribution >= 4 is 13.2 Å². The third kappa shape index (κ3) is 5.90. The predicted molar refractivity (Wildman–Crippen MR) is 105 cm³/mol. The van der Waals surface area contributed by atoms with Crippen molar-refractivity contribution in [2.24, 2.45) is 5.41 Å². The van der Waals surface area contributed by atoms with Crippen LogP contribution in [0, 0.1) is 5.41 Å². The van der Waals surface area contributed by atoms with Crippen LogP contribution < -0.4 is 9.64 Å². The first-order chi connectivity index (χ1) is 11.1. The molecule has 133 valence electrons. The van der Waals surface area contributed by atoms with Gasteiger partial charge < -0.3 is 14.3 Å². The minimum atomic E-state index is -0.228. The van der Waals surface area contributed by atoms with Crippen molar-refractivity contribution in [2.75, 3.05) is 19.1 Å². The molecule has 1 aromatic carbocycles. The molecule has 4 heteroatoms. The van der Waals surface area contributed by atoms with E-state index in [4.69, 9.17) is 9.39 Å². The molecule has 0 heterocycles. The fourth-order valence-corrected chi connectivity index (χ4v) is 2.00. The van der Waals surface area contributed by atoms with Crippen LogP contribution in [0.1, 0.15) is 54.4 Å². The smallest absolute Gasteiger partial charge is 0.327 e. The first-order valence-electron chi connectivity index (χ1n) is 8.69. The van der Waals surface area contributed by atoms with Crippen molar-refractivity contribution in [2.45, 2.75) is 60.0 Å². The molecule has 1 radical (unpaired) electrons. The summed E-state index contributed by atoms with van der Waals surface area (Å²) >= 11 is 0. The first-order valence-corrected chi connectivity index (χ1v) is 8.69. The van der Waals surface area contributed by atoms with Crippen molar-refractivity contribution < 1.29 is 9.39 Å². The second-order valence-corrected chi connectivity index (χ2v) is 7.76. The van der Waals surface area contributed by atoms with Gasteiger partial charge in [-0.3, -0.25) is 0 Å². The van der Waals surface area contributed by atoms with Gasteiger partial charge in [-0.2, -0.15) is 0 Å². The summed E-state index contributed by atoms with van der Waals surface area (Å²) in [5, 5.41) is 0. The summed E-state index contributed by atoms with van der Waals surface area (Å²) in [7, 11) is 5.66. The average molecular weight is 330 g/mol. The van der Waals surface area contributed by atoms with E-state index in [1.165, 1.54) is 5.47 Å². The highest BCUT2D eigenvalue weighted by Crippen LogP contribution is 2.33. The lowest BCUT2D eigenvalue weighted by Gasteiger charge is -2.39. The second kappa shape index (κ2) is 8.61. The molecule has 1 aromatic rings. The lowest BCUT2D eigenvalue weighted by atomic mass is 9.75. The van der Waals surface area contributed by atoms with Crippen LogP contribution in [-0.2, 0) is 4.65 Å². The van der Waals surface area contributed by atoms with Crippen molar-refractivity contribution in [1.29, 1.82) is 0 Å². The molecule has 0 aromatic heterocycles. The van der Waals surface area contributed by atoms with Gasteiger partial charge in [0.2, 0.25) is 0 Å². The molecule has 0 saturated heterocycles. The van der Waals surface area contributed by atoms with Gasteiger partial charge in [-0.25, -0.2) is 0 Å². The Morgan fingerprint density at radius 2 is 1.88 bits per heavy atom. The highest BCUT2D eigenvalue weighted by Gasteiger charge is 2.33. The van der Waals surface area contributed by atoms with Crippen LogP contribution in [0.5, 0.6) is 5.75 Å².